The number of tetrazole rings is 4. The van der Waals surface area contributed by atoms with Crippen molar-refractivity contribution in [1.82, 2.24) is 100 Å². The molecule has 1 saturated carbocycles. The molecule has 5 fully saturated rings. The Morgan fingerprint density at radius 2 is 0.623 bits per heavy atom. The molecule has 1 unspecified atom stereocenters. The molecule has 4 aliphatic heterocycles. The Balaban J connectivity index is 0.000000161. The number of benzene rings is 4. The molecular formula is C78H110N20O12S4. The Morgan fingerprint density at radius 1 is 0.360 bits per heavy atom. The Morgan fingerprint density at radius 3 is 0.947 bits per heavy atom. The van der Waals surface area contributed by atoms with Crippen molar-refractivity contribution < 1.29 is 57.1 Å². The first-order valence-corrected chi connectivity index (χ1v) is 42.8. The fraction of sp³-hybridized carbons (Fsp3) is 0.590. The molecule has 1 aliphatic carbocycles. The molecule has 13 rings (SSSR count). The van der Waals surface area contributed by atoms with E-state index in [-0.39, 0.29) is 72.5 Å². The number of amides is 4. The first-order valence-electron chi connectivity index (χ1n) is 38.8. The van der Waals surface area contributed by atoms with Gasteiger partial charge in [-0.15, -0.1) is 20.4 Å². The van der Waals surface area contributed by atoms with Crippen LogP contribution >= 0.6 is 47.0 Å². The van der Waals surface area contributed by atoms with E-state index in [1.807, 2.05) is 149 Å². The summed E-state index contributed by atoms with van der Waals surface area (Å²) in [5, 5.41) is 51.1. The van der Waals surface area contributed by atoms with Gasteiger partial charge in [0.1, 0.15) is 0 Å². The molecule has 0 N–H and O–H groups in total. The maximum absolute atomic E-state index is 12.3. The van der Waals surface area contributed by atoms with E-state index in [1.54, 1.807) is 130 Å². The molecule has 5 aliphatic rings. The zero-order valence-corrected chi connectivity index (χ0v) is 71.1. The second-order valence-corrected chi connectivity index (χ2v) is 33.8. The average molecular weight is 1650 g/mol. The number of hydrogen-bond donors (Lipinski definition) is 0. The minimum atomic E-state index is -0.730. The maximum atomic E-state index is 12.3. The number of ether oxygens (including phenoxy) is 8. The second-order valence-electron chi connectivity index (χ2n) is 29.9. The predicted octanol–water partition coefficient (Wildman–Crippen LogP) is 10.7. The average Bonchev–Trinajstić information content (AvgIpc) is 1.07. The topological polar surface area (TPSA) is 329 Å². The quantitative estimate of drug-likeness (QED) is 0.0432. The number of nitrogens with zero attached hydrogens (tertiary/aromatic N) is 20. The van der Waals surface area contributed by atoms with Gasteiger partial charge >= 0.3 is 0 Å². The van der Waals surface area contributed by atoms with E-state index in [9.17, 15) is 19.2 Å². The zero-order chi connectivity index (χ0) is 81.4. The van der Waals surface area contributed by atoms with Crippen LogP contribution in [0.3, 0.4) is 0 Å². The third kappa shape index (κ3) is 25.8. The molecule has 618 valence electrons. The molecule has 4 aromatic carbocycles. The Hall–Kier alpha value is -7.88. The van der Waals surface area contributed by atoms with E-state index in [0.29, 0.717) is 96.3 Å². The summed E-state index contributed by atoms with van der Waals surface area (Å²) in [6.07, 6.45) is 10.7. The highest BCUT2D eigenvalue weighted by atomic mass is 32.2. The van der Waals surface area contributed by atoms with Crippen LogP contribution in [0, 0.1) is 0 Å². The number of para-hydroxylation sites is 4. The summed E-state index contributed by atoms with van der Waals surface area (Å²) < 4.78 is 56.6. The van der Waals surface area contributed by atoms with Crippen LogP contribution in [0.25, 0.3) is 22.7 Å². The van der Waals surface area contributed by atoms with Crippen molar-refractivity contribution in [2.24, 2.45) is 0 Å². The zero-order valence-electron chi connectivity index (χ0n) is 67.8. The smallest absolute Gasteiger partial charge is 0.224 e. The van der Waals surface area contributed by atoms with Gasteiger partial charge in [0.05, 0.1) is 97.3 Å². The number of thioether (sulfide) groups is 4. The van der Waals surface area contributed by atoms with Crippen LogP contribution in [-0.2, 0) is 57.1 Å². The lowest BCUT2D eigenvalue weighted by Gasteiger charge is -2.46. The van der Waals surface area contributed by atoms with Crippen LogP contribution in [0.15, 0.2) is 142 Å². The van der Waals surface area contributed by atoms with Crippen molar-refractivity contribution in [3.8, 4) is 22.7 Å². The predicted molar refractivity (Wildman–Crippen MR) is 432 cm³/mol. The van der Waals surface area contributed by atoms with E-state index < -0.39 is 23.1 Å². The number of rotatable bonds is 27. The van der Waals surface area contributed by atoms with Gasteiger partial charge in [-0.1, -0.05) is 147 Å². The molecule has 9 atom stereocenters. The molecule has 8 aromatic rings. The first kappa shape index (κ1) is 88.5. The second kappa shape index (κ2) is 42.3. The van der Waals surface area contributed by atoms with E-state index in [2.05, 4.69) is 75.9 Å². The molecule has 0 radical (unpaired) electrons. The minimum absolute atomic E-state index is 0.0114. The number of carbonyl (C=O) groups excluding carboxylic acids is 4. The SMILES string of the molecule is CCC1(C)O[C@H](CSc2nnnn2-c2ccccc2)C[C@H](CC(=O)N(C)C)O1.CCC1(CC)O[C@H](CSc2nnnn2-c2ccccc2)C[C@H](CC(=O)N(C)C)O1.CN(C)C(=O)C[C@H]1C[C@@H](CSc2nnnn2-c2ccccc2)OC(C)(C)O1.CN(C)C(=O)C[C@H]1C[C@@H](CSc2nnnn2-c2ccccc2)OC2(CCCCC2)O1. The van der Waals surface area contributed by atoms with Gasteiger partial charge in [0.25, 0.3) is 0 Å². The lowest BCUT2D eigenvalue weighted by Crippen LogP contribution is -2.51. The van der Waals surface area contributed by atoms with Gasteiger partial charge in [0.2, 0.25) is 44.3 Å². The van der Waals surface area contributed by atoms with Crippen molar-refractivity contribution in [3.63, 3.8) is 0 Å². The molecule has 4 aromatic heterocycles. The van der Waals surface area contributed by atoms with E-state index in [0.717, 1.165) is 66.4 Å². The van der Waals surface area contributed by atoms with Crippen LogP contribution in [0.4, 0.5) is 0 Å². The van der Waals surface area contributed by atoms with Gasteiger partial charge in [-0.05, 0) is 143 Å². The molecule has 4 amide bonds. The Labute approximate surface area is 684 Å². The minimum Gasteiger partial charge on any atom is -0.349 e. The highest BCUT2D eigenvalue weighted by Gasteiger charge is 2.46. The van der Waals surface area contributed by atoms with Crippen molar-refractivity contribution in [2.45, 2.75) is 237 Å². The molecule has 1 spiro atoms. The molecule has 36 heteroatoms. The lowest BCUT2D eigenvalue weighted by molar-refractivity contribution is -0.324. The van der Waals surface area contributed by atoms with Crippen LogP contribution in [-0.4, -0.2) is 275 Å². The van der Waals surface area contributed by atoms with Gasteiger partial charge in [0.15, 0.2) is 23.1 Å². The van der Waals surface area contributed by atoms with Crippen molar-refractivity contribution in [1.29, 1.82) is 0 Å². The van der Waals surface area contributed by atoms with Crippen molar-refractivity contribution in [3.05, 3.63) is 121 Å². The third-order valence-corrected chi connectivity index (χ3v) is 23.9. The lowest BCUT2D eigenvalue weighted by atomic mass is 9.91. The van der Waals surface area contributed by atoms with Gasteiger partial charge in [-0.25, -0.2) is 0 Å². The molecule has 8 heterocycles. The van der Waals surface area contributed by atoms with Gasteiger partial charge in [-0.2, -0.15) is 18.7 Å². The number of hydrogen-bond acceptors (Lipinski definition) is 28. The van der Waals surface area contributed by atoms with Crippen molar-refractivity contribution >= 4 is 70.7 Å². The summed E-state index contributed by atoms with van der Waals surface area (Å²) in [7, 11) is 14.1. The summed E-state index contributed by atoms with van der Waals surface area (Å²) >= 11 is 6.21. The van der Waals surface area contributed by atoms with Gasteiger partial charge < -0.3 is 57.5 Å². The standard InChI is InChI=1S/C21H29N5O3S.C20H29N5O3S.C19H27N5O3S.C18H25N5O3S/c1-25(2)19(27)14-17-13-18(29-21(28-17)11-7-4-8-12-21)15-30-20-22-23-24-26(20)16-9-5-3-6-10-16;1-5-20(6-2)27-16(13-18(26)24(3)4)12-17(28-20)14-29-19-21-22-23-25(19)15-10-8-7-9-11-15;1-5-19(2)26-15(12-17(25)23(3)4)11-16(27-19)13-28-18-20-21-22-24(18)14-9-7-6-8-10-14;1-18(2)25-14(11-16(24)22(3)4)10-15(26-18)12-27-17-19-20-21-23(17)13-8-6-5-7-9-13/h3,5-6,9-10,17-18H,4,7-8,11-15H2,1-2H3;7-11,16-17H,5-6,12-14H2,1-4H3;6-10,15-16H,5,11-13H2,1-4H3;5-9,14-15H,10-12H2,1-4H3/t17-,18+;16-,17+;15-,16+,19?;14-,15+/m1111/s1. The van der Waals surface area contributed by atoms with Crippen LogP contribution < -0.4 is 0 Å². The summed E-state index contributed by atoms with van der Waals surface area (Å²) in [5.74, 6) is 0.405. The molecule has 32 nitrogen and oxygen atoms in total. The molecule has 0 bridgehead atoms. The van der Waals surface area contributed by atoms with Crippen molar-refractivity contribution in [2.75, 3.05) is 79.4 Å². The highest BCUT2D eigenvalue weighted by molar-refractivity contribution is 7.99. The van der Waals surface area contributed by atoms with Gasteiger partial charge in [0, 0.05) is 118 Å². The Bertz CT molecular complexity index is 4250. The summed E-state index contributed by atoms with van der Waals surface area (Å²) in [6.45, 7) is 11.8. The summed E-state index contributed by atoms with van der Waals surface area (Å²) in [5.41, 5.74) is 3.67. The summed E-state index contributed by atoms with van der Waals surface area (Å²) in [4.78, 5) is 55.1. The van der Waals surface area contributed by atoms with E-state index in [4.69, 9.17) is 37.9 Å². The number of carbonyl (C=O) groups is 4. The van der Waals surface area contributed by atoms with Gasteiger partial charge in [-0.3, -0.25) is 19.2 Å². The molecule has 114 heavy (non-hydrogen) atoms. The van der Waals surface area contributed by atoms with E-state index in [1.165, 1.54) is 18.2 Å². The maximum Gasteiger partial charge on any atom is 0.224 e. The first-order chi connectivity index (χ1) is 54.7. The number of aromatic nitrogens is 16. The Kier molecular flexibility index (Phi) is 32.8. The fourth-order valence-electron chi connectivity index (χ4n) is 13.6. The highest BCUT2D eigenvalue weighted by Crippen LogP contribution is 2.42. The van der Waals surface area contributed by atoms with E-state index >= 15 is 0 Å². The largest absolute Gasteiger partial charge is 0.349 e. The monoisotopic (exact) mass is 1650 g/mol. The normalized spacial score (nSPS) is 22.8. The molecule has 4 saturated heterocycles. The summed E-state index contributed by atoms with van der Waals surface area (Å²) in [6, 6.07) is 39.2. The van der Waals surface area contributed by atoms with Crippen LogP contribution in [0.2, 0.25) is 0 Å². The van der Waals surface area contributed by atoms with Crippen LogP contribution in [0.5, 0.6) is 0 Å². The third-order valence-electron chi connectivity index (χ3n) is 19.7. The molecular weight excluding hydrogens is 1540 g/mol. The van der Waals surface area contributed by atoms with Crippen LogP contribution in [0.1, 0.15) is 144 Å². The fourth-order valence-corrected chi connectivity index (χ4v) is 17.1.